The van der Waals surface area contributed by atoms with E-state index in [-0.39, 0.29) is 11.8 Å². The van der Waals surface area contributed by atoms with Gasteiger partial charge in [-0.2, -0.15) is 5.10 Å². The first-order valence-corrected chi connectivity index (χ1v) is 9.61. The molecule has 3 aromatic rings. The van der Waals surface area contributed by atoms with Crippen LogP contribution in [0.15, 0.2) is 43.0 Å². The number of carbonyl (C=O) groups is 2. The van der Waals surface area contributed by atoms with Crippen LogP contribution in [0, 0.1) is 5.82 Å². The second-order valence-corrected chi connectivity index (χ2v) is 7.56. The van der Waals surface area contributed by atoms with Gasteiger partial charge in [-0.05, 0) is 35.7 Å². The molecule has 7 nitrogen and oxygen atoms in total. The minimum absolute atomic E-state index is 0.0142. The van der Waals surface area contributed by atoms with Crippen molar-refractivity contribution < 1.29 is 14.0 Å². The van der Waals surface area contributed by atoms with Gasteiger partial charge in [-0.3, -0.25) is 19.3 Å². The molecule has 30 heavy (non-hydrogen) atoms. The standard InChI is InChI=1S/C22H22FN5O2/c1-26(22(30)17-11-25-27(2)13-17)12-14-6-16(10-24-9-14)18-7-15-4-5-21(29)28(3)20(15)8-19(18)23/h6-11,13H,4-5,12H2,1-3H3. The lowest BCUT2D eigenvalue weighted by atomic mass is 9.95. The topological polar surface area (TPSA) is 71.3 Å². The molecule has 0 aliphatic carbocycles. The van der Waals surface area contributed by atoms with Gasteiger partial charge in [0.1, 0.15) is 5.82 Å². The molecule has 4 rings (SSSR count). The maximum atomic E-state index is 14.9. The number of hydrogen-bond donors (Lipinski definition) is 0. The highest BCUT2D eigenvalue weighted by Gasteiger charge is 2.23. The Hall–Kier alpha value is -3.55. The van der Waals surface area contributed by atoms with Crippen LogP contribution in [0.3, 0.4) is 0 Å². The second-order valence-electron chi connectivity index (χ2n) is 7.56. The van der Waals surface area contributed by atoms with Crippen molar-refractivity contribution in [2.24, 2.45) is 7.05 Å². The summed E-state index contributed by atoms with van der Waals surface area (Å²) in [6.07, 6.45) is 7.46. The lowest BCUT2D eigenvalue weighted by molar-refractivity contribution is -0.118. The zero-order valence-electron chi connectivity index (χ0n) is 17.1. The normalized spacial score (nSPS) is 13.3. The van der Waals surface area contributed by atoms with E-state index < -0.39 is 5.82 Å². The molecule has 0 bridgehead atoms. The van der Waals surface area contributed by atoms with Crippen molar-refractivity contribution in [1.82, 2.24) is 19.7 Å². The van der Waals surface area contributed by atoms with E-state index in [1.807, 2.05) is 6.07 Å². The average Bonchev–Trinajstić information content (AvgIpc) is 3.16. The largest absolute Gasteiger partial charge is 0.337 e. The quantitative estimate of drug-likeness (QED) is 0.667. The number of amides is 2. The third-order valence-electron chi connectivity index (χ3n) is 5.34. The van der Waals surface area contributed by atoms with E-state index in [4.69, 9.17) is 0 Å². The second kappa shape index (κ2) is 7.70. The lowest BCUT2D eigenvalue weighted by Crippen LogP contribution is -2.31. The molecule has 3 heterocycles. The summed E-state index contributed by atoms with van der Waals surface area (Å²) in [6.45, 7) is 0.332. The summed E-state index contributed by atoms with van der Waals surface area (Å²) < 4.78 is 16.4. The van der Waals surface area contributed by atoms with Crippen molar-refractivity contribution >= 4 is 17.5 Å². The number of anilines is 1. The molecule has 2 aromatic heterocycles. The van der Waals surface area contributed by atoms with Crippen molar-refractivity contribution in [1.29, 1.82) is 0 Å². The Morgan fingerprint density at radius 1 is 1.17 bits per heavy atom. The molecule has 0 fully saturated rings. The maximum absolute atomic E-state index is 14.9. The minimum Gasteiger partial charge on any atom is -0.337 e. The van der Waals surface area contributed by atoms with E-state index in [0.717, 1.165) is 11.1 Å². The van der Waals surface area contributed by atoms with Gasteiger partial charge in [-0.15, -0.1) is 0 Å². The summed E-state index contributed by atoms with van der Waals surface area (Å²) in [5.74, 6) is -0.574. The number of nitrogens with zero attached hydrogens (tertiary/aromatic N) is 5. The van der Waals surface area contributed by atoms with E-state index >= 15 is 0 Å². The number of fused-ring (bicyclic) bond motifs is 1. The van der Waals surface area contributed by atoms with Crippen LogP contribution in [-0.2, 0) is 24.8 Å². The van der Waals surface area contributed by atoms with Gasteiger partial charge in [0.05, 0.1) is 11.8 Å². The summed E-state index contributed by atoms with van der Waals surface area (Å²) >= 11 is 0. The van der Waals surface area contributed by atoms with Gasteiger partial charge < -0.3 is 9.80 Å². The molecule has 0 atom stereocenters. The number of aromatic nitrogens is 3. The van der Waals surface area contributed by atoms with Gasteiger partial charge in [0.15, 0.2) is 0 Å². The van der Waals surface area contributed by atoms with E-state index in [9.17, 15) is 14.0 Å². The van der Waals surface area contributed by atoms with Gasteiger partial charge >= 0.3 is 0 Å². The first kappa shape index (κ1) is 19.8. The molecule has 1 aromatic carbocycles. The van der Waals surface area contributed by atoms with Crippen LogP contribution < -0.4 is 4.90 Å². The highest BCUT2D eigenvalue weighted by molar-refractivity contribution is 5.96. The Morgan fingerprint density at radius 3 is 2.70 bits per heavy atom. The molecule has 8 heteroatoms. The fourth-order valence-corrected chi connectivity index (χ4v) is 3.70. The lowest BCUT2D eigenvalue weighted by Gasteiger charge is -2.26. The van der Waals surface area contributed by atoms with Crippen LogP contribution in [0.2, 0.25) is 0 Å². The zero-order valence-corrected chi connectivity index (χ0v) is 17.1. The van der Waals surface area contributed by atoms with Gasteiger partial charge in [0.25, 0.3) is 5.91 Å². The summed E-state index contributed by atoms with van der Waals surface area (Å²) in [7, 11) is 5.12. The number of pyridine rings is 1. The summed E-state index contributed by atoms with van der Waals surface area (Å²) in [5.41, 5.74) is 3.91. The number of hydrogen-bond acceptors (Lipinski definition) is 4. The third-order valence-corrected chi connectivity index (χ3v) is 5.34. The van der Waals surface area contributed by atoms with Crippen LogP contribution in [0.25, 0.3) is 11.1 Å². The van der Waals surface area contributed by atoms with E-state index in [2.05, 4.69) is 10.1 Å². The number of aryl methyl sites for hydroxylation is 2. The molecule has 0 unspecified atom stereocenters. The Labute approximate surface area is 173 Å². The van der Waals surface area contributed by atoms with Crippen molar-refractivity contribution in [3.8, 4) is 11.1 Å². The number of halogens is 1. The highest BCUT2D eigenvalue weighted by Crippen LogP contribution is 2.33. The monoisotopic (exact) mass is 407 g/mol. The van der Waals surface area contributed by atoms with Crippen molar-refractivity contribution in [3.63, 3.8) is 0 Å². The fourth-order valence-electron chi connectivity index (χ4n) is 3.70. The molecule has 0 spiro atoms. The molecule has 0 N–H and O–H groups in total. The molecule has 1 aliphatic heterocycles. The molecular weight excluding hydrogens is 385 g/mol. The smallest absolute Gasteiger partial charge is 0.257 e. The summed E-state index contributed by atoms with van der Waals surface area (Å²) in [6, 6.07) is 5.04. The molecule has 2 amide bonds. The SMILES string of the molecule is CN(Cc1cncc(-c2cc3c(cc2F)N(C)C(=O)CC3)c1)C(=O)c1cnn(C)c1. The van der Waals surface area contributed by atoms with Crippen LogP contribution >= 0.6 is 0 Å². The summed E-state index contributed by atoms with van der Waals surface area (Å²) in [5, 5.41) is 4.03. The third kappa shape index (κ3) is 3.68. The van der Waals surface area contributed by atoms with E-state index in [0.29, 0.717) is 41.8 Å². The van der Waals surface area contributed by atoms with Gasteiger partial charge in [0, 0.05) is 69.5 Å². The fraction of sp³-hybridized carbons (Fsp3) is 0.273. The van der Waals surface area contributed by atoms with E-state index in [1.165, 1.54) is 17.2 Å². The van der Waals surface area contributed by atoms with Gasteiger partial charge in [-0.1, -0.05) is 0 Å². The van der Waals surface area contributed by atoms with Crippen LogP contribution in [0.5, 0.6) is 0 Å². The molecule has 1 aliphatic rings. The highest BCUT2D eigenvalue weighted by atomic mass is 19.1. The Kier molecular flexibility index (Phi) is 5.07. The first-order chi connectivity index (χ1) is 14.3. The van der Waals surface area contributed by atoms with Crippen molar-refractivity contribution in [2.75, 3.05) is 19.0 Å². The maximum Gasteiger partial charge on any atom is 0.257 e. The Bertz CT molecular complexity index is 1140. The Balaban J connectivity index is 1.59. The van der Waals surface area contributed by atoms with Gasteiger partial charge in [0.2, 0.25) is 5.91 Å². The molecule has 0 saturated carbocycles. The number of rotatable bonds is 4. The van der Waals surface area contributed by atoms with Crippen LogP contribution in [-0.4, -0.2) is 45.6 Å². The predicted octanol–water partition coefficient (Wildman–Crippen LogP) is 2.80. The first-order valence-electron chi connectivity index (χ1n) is 9.61. The molecule has 0 saturated heterocycles. The predicted molar refractivity (Wildman–Crippen MR) is 110 cm³/mol. The zero-order chi connectivity index (χ0) is 21.4. The van der Waals surface area contributed by atoms with E-state index in [1.54, 1.807) is 55.4 Å². The Morgan fingerprint density at radius 2 is 1.97 bits per heavy atom. The van der Waals surface area contributed by atoms with Crippen LogP contribution in [0.4, 0.5) is 10.1 Å². The van der Waals surface area contributed by atoms with Gasteiger partial charge in [-0.25, -0.2) is 4.39 Å². The van der Waals surface area contributed by atoms with Crippen molar-refractivity contribution in [3.05, 3.63) is 65.5 Å². The van der Waals surface area contributed by atoms with Crippen LogP contribution in [0.1, 0.15) is 27.9 Å². The van der Waals surface area contributed by atoms with Crippen molar-refractivity contribution in [2.45, 2.75) is 19.4 Å². The molecule has 0 radical (unpaired) electrons. The number of benzene rings is 1. The molecular formula is C22H22FN5O2. The summed E-state index contributed by atoms with van der Waals surface area (Å²) in [4.78, 5) is 31.7. The molecule has 154 valence electrons. The number of carbonyl (C=O) groups excluding carboxylic acids is 2. The average molecular weight is 407 g/mol. The minimum atomic E-state index is -0.408.